The lowest BCUT2D eigenvalue weighted by Gasteiger charge is -2.22. The summed E-state index contributed by atoms with van der Waals surface area (Å²) in [5, 5.41) is 0. The number of rotatable bonds is 6. The maximum absolute atomic E-state index is 11.6. The smallest absolute Gasteiger partial charge is 0.134 e. The highest BCUT2D eigenvalue weighted by atomic mass is 16.1. The van der Waals surface area contributed by atoms with E-state index in [1.165, 1.54) is 0 Å². The maximum atomic E-state index is 11.6. The first-order valence-corrected chi connectivity index (χ1v) is 5.98. The summed E-state index contributed by atoms with van der Waals surface area (Å²) in [4.78, 5) is 11.6. The molecular formula is C13H27NO. The summed E-state index contributed by atoms with van der Waals surface area (Å²) in [6, 6.07) is 0.0321. The molecule has 0 aromatic rings. The Labute approximate surface area is 94.6 Å². The maximum Gasteiger partial charge on any atom is 0.134 e. The lowest BCUT2D eigenvalue weighted by atomic mass is 9.86. The summed E-state index contributed by atoms with van der Waals surface area (Å²) in [6.07, 6.45) is 3.14. The summed E-state index contributed by atoms with van der Waals surface area (Å²) in [6.45, 7) is 10.8. The molecule has 1 atom stereocenters. The van der Waals surface area contributed by atoms with Crippen LogP contribution in [0.5, 0.6) is 0 Å². The van der Waals surface area contributed by atoms with Gasteiger partial charge >= 0.3 is 0 Å². The van der Waals surface area contributed by atoms with Crippen LogP contribution in [0.3, 0.4) is 0 Å². The van der Waals surface area contributed by atoms with E-state index in [-0.39, 0.29) is 11.5 Å². The highest BCUT2D eigenvalue weighted by Crippen LogP contribution is 2.21. The number of carbonyl (C=O) groups is 1. The standard InChI is InChI=1S/C13H27NO/c1-10(2)6-7-12(15)8-11(14)9-13(3,4)5/h10-11H,6-9,14H2,1-5H3. The fraction of sp³-hybridized carbons (Fsp3) is 0.923. The number of ketones is 1. The van der Waals surface area contributed by atoms with E-state index in [9.17, 15) is 4.79 Å². The van der Waals surface area contributed by atoms with E-state index in [4.69, 9.17) is 5.73 Å². The average molecular weight is 213 g/mol. The van der Waals surface area contributed by atoms with Crippen LogP contribution in [0.2, 0.25) is 0 Å². The van der Waals surface area contributed by atoms with Crippen molar-refractivity contribution >= 4 is 5.78 Å². The van der Waals surface area contributed by atoms with Gasteiger partial charge in [0.25, 0.3) is 0 Å². The monoisotopic (exact) mass is 213 g/mol. The minimum Gasteiger partial charge on any atom is -0.327 e. The number of hydrogen-bond donors (Lipinski definition) is 1. The largest absolute Gasteiger partial charge is 0.327 e. The van der Waals surface area contributed by atoms with Gasteiger partial charge in [0.05, 0.1) is 0 Å². The molecule has 2 N–H and O–H groups in total. The first kappa shape index (κ1) is 14.6. The van der Waals surface area contributed by atoms with Crippen molar-refractivity contribution in [2.24, 2.45) is 17.1 Å². The molecule has 90 valence electrons. The molecule has 0 heterocycles. The average Bonchev–Trinajstić information content (AvgIpc) is 1.96. The quantitative estimate of drug-likeness (QED) is 0.736. The van der Waals surface area contributed by atoms with Crippen molar-refractivity contribution in [2.45, 2.75) is 66.3 Å². The third-order valence-corrected chi connectivity index (χ3v) is 2.36. The molecule has 0 spiro atoms. The highest BCUT2D eigenvalue weighted by molar-refractivity contribution is 5.78. The number of Topliss-reactive ketones (excluding diaryl/α,β-unsaturated/α-hetero) is 1. The van der Waals surface area contributed by atoms with Gasteiger partial charge in [0.1, 0.15) is 5.78 Å². The normalized spacial score (nSPS) is 14.3. The van der Waals surface area contributed by atoms with Gasteiger partial charge in [-0.3, -0.25) is 4.79 Å². The van der Waals surface area contributed by atoms with E-state index in [0.717, 1.165) is 12.8 Å². The van der Waals surface area contributed by atoms with Gasteiger partial charge in [0.15, 0.2) is 0 Å². The molecule has 0 amide bonds. The summed E-state index contributed by atoms with van der Waals surface area (Å²) in [5.41, 5.74) is 6.17. The van der Waals surface area contributed by atoms with E-state index in [2.05, 4.69) is 34.6 Å². The second kappa shape index (κ2) is 6.26. The van der Waals surface area contributed by atoms with Crippen molar-refractivity contribution in [3.8, 4) is 0 Å². The minimum atomic E-state index is 0.0321. The molecule has 0 radical (unpaired) electrons. The van der Waals surface area contributed by atoms with Crippen LogP contribution in [0, 0.1) is 11.3 Å². The predicted molar refractivity (Wildman–Crippen MR) is 65.7 cm³/mol. The number of carbonyl (C=O) groups excluding carboxylic acids is 1. The Morgan fingerprint density at radius 1 is 1.27 bits per heavy atom. The molecule has 0 bridgehead atoms. The fourth-order valence-corrected chi connectivity index (χ4v) is 1.70. The molecule has 0 aromatic heterocycles. The fourth-order valence-electron chi connectivity index (χ4n) is 1.70. The molecule has 2 heteroatoms. The van der Waals surface area contributed by atoms with E-state index in [0.29, 0.717) is 24.5 Å². The summed E-state index contributed by atoms with van der Waals surface area (Å²) < 4.78 is 0. The summed E-state index contributed by atoms with van der Waals surface area (Å²) in [5.74, 6) is 0.924. The Kier molecular flexibility index (Phi) is 6.11. The zero-order valence-electron chi connectivity index (χ0n) is 11.0. The number of nitrogens with two attached hydrogens (primary N) is 1. The van der Waals surface area contributed by atoms with Crippen molar-refractivity contribution in [3.05, 3.63) is 0 Å². The van der Waals surface area contributed by atoms with Crippen LogP contribution in [-0.2, 0) is 4.79 Å². The van der Waals surface area contributed by atoms with Crippen LogP contribution >= 0.6 is 0 Å². The second-order valence-corrected chi connectivity index (χ2v) is 6.20. The Balaban J connectivity index is 3.77. The van der Waals surface area contributed by atoms with Crippen LogP contribution in [0.15, 0.2) is 0 Å². The van der Waals surface area contributed by atoms with E-state index >= 15 is 0 Å². The predicted octanol–water partition coefficient (Wildman–Crippen LogP) is 3.15. The molecule has 0 aliphatic rings. The first-order chi connectivity index (χ1) is 6.70. The lowest BCUT2D eigenvalue weighted by molar-refractivity contribution is -0.119. The Hall–Kier alpha value is -0.370. The van der Waals surface area contributed by atoms with Crippen LogP contribution in [-0.4, -0.2) is 11.8 Å². The van der Waals surface area contributed by atoms with Crippen molar-refractivity contribution in [1.29, 1.82) is 0 Å². The highest BCUT2D eigenvalue weighted by Gasteiger charge is 2.17. The SMILES string of the molecule is CC(C)CCC(=O)CC(N)CC(C)(C)C. The molecule has 0 aliphatic carbocycles. The van der Waals surface area contributed by atoms with Gasteiger partial charge in [-0.25, -0.2) is 0 Å². The van der Waals surface area contributed by atoms with E-state index in [1.807, 2.05) is 0 Å². The lowest BCUT2D eigenvalue weighted by Crippen LogP contribution is -2.29. The van der Waals surface area contributed by atoms with Crippen molar-refractivity contribution < 1.29 is 4.79 Å². The topological polar surface area (TPSA) is 43.1 Å². The summed E-state index contributed by atoms with van der Waals surface area (Å²) >= 11 is 0. The zero-order valence-corrected chi connectivity index (χ0v) is 11.0. The van der Waals surface area contributed by atoms with Crippen LogP contribution < -0.4 is 5.73 Å². The van der Waals surface area contributed by atoms with Crippen LogP contribution in [0.4, 0.5) is 0 Å². The molecule has 0 saturated heterocycles. The van der Waals surface area contributed by atoms with E-state index in [1.54, 1.807) is 0 Å². The molecule has 0 rings (SSSR count). The Bertz CT molecular complexity index is 191. The van der Waals surface area contributed by atoms with Gasteiger partial charge < -0.3 is 5.73 Å². The van der Waals surface area contributed by atoms with Crippen molar-refractivity contribution in [2.75, 3.05) is 0 Å². The van der Waals surface area contributed by atoms with Gasteiger partial charge in [0, 0.05) is 18.9 Å². The van der Waals surface area contributed by atoms with Crippen molar-refractivity contribution in [1.82, 2.24) is 0 Å². The molecule has 0 aromatic carbocycles. The molecule has 0 saturated carbocycles. The third-order valence-electron chi connectivity index (χ3n) is 2.36. The molecule has 2 nitrogen and oxygen atoms in total. The van der Waals surface area contributed by atoms with Gasteiger partial charge in [-0.15, -0.1) is 0 Å². The van der Waals surface area contributed by atoms with Crippen LogP contribution in [0.1, 0.15) is 60.3 Å². The van der Waals surface area contributed by atoms with Crippen molar-refractivity contribution in [3.63, 3.8) is 0 Å². The first-order valence-electron chi connectivity index (χ1n) is 5.98. The van der Waals surface area contributed by atoms with Crippen LogP contribution in [0.25, 0.3) is 0 Å². The summed E-state index contributed by atoms with van der Waals surface area (Å²) in [7, 11) is 0. The molecule has 0 aliphatic heterocycles. The third kappa shape index (κ3) is 9.92. The van der Waals surface area contributed by atoms with Gasteiger partial charge in [-0.05, 0) is 24.2 Å². The Morgan fingerprint density at radius 2 is 1.80 bits per heavy atom. The molecule has 0 fully saturated rings. The second-order valence-electron chi connectivity index (χ2n) is 6.20. The van der Waals surface area contributed by atoms with Gasteiger partial charge in [-0.1, -0.05) is 34.6 Å². The minimum absolute atomic E-state index is 0.0321. The zero-order chi connectivity index (χ0) is 12.1. The molecular weight excluding hydrogens is 186 g/mol. The van der Waals surface area contributed by atoms with Gasteiger partial charge in [0.2, 0.25) is 0 Å². The van der Waals surface area contributed by atoms with Gasteiger partial charge in [-0.2, -0.15) is 0 Å². The molecule has 15 heavy (non-hydrogen) atoms. The number of hydrogen-bond acceptors (Lipinski definition) is 2. The van der Waals surface area contributed by atoms with E-state index < -0.39 is 0 Å². The Morgan fingerprint density at radius 3 is 2.20 bits per heavy atom. The molecule has 1 unspecified atom stereocenters.